The smallest absolute Gasteiger partial charge is 0.383 e. The van der Waals surface area contributed by atoms with Gasteiger partial charge in [-0.15, -0.1) is 0 Å². The Labute approximate surface area is 203 Å². The molecule has 0 N–H and O–H groups in total. The third-order valence-corrected chi connectivity index (χ3v) is 7.61. The molecule has 2 saturated carbocycles. The van der Waals surface area contributed by atoms with Crippen molar-refractivity contribution >= 4 is 0 Å². The first-order valence-corrected chi connectivity index (χ1v) is 12.7. The second-order valence-corrected chi connectivity index (χ2v) is 9.95. The Bertz CT molecular complexity index is 939. The average molecular weight is 497 g/mol. The topological polar surface area (TPSA) is 18.5 Å². The van der Waals surface area contributed by atoms with Crippen molar-refractivity contribution in [3.05, 3.63) is 65.0 Å². The van der Waals surface area contributed by atoms with Gasteiger partial charge in [0.1, 0.15) is 5.75 Å². The Morgan fingerprint density at radius 3 is 1.89 bits per heavy atom. The molecule has 4 rings (SSSR count). The van der Waals surface area contributed by atoms with Crippen LogP contribution in [0.5, 0.6) is 5.75 Å². The first-order valence-electron chi connectivity index (χ1n) is 12.7. The summed E-state index contributed by atoms with van der Waals surface area (Å²) >= 11 is 0. The molecule has 0 atom stereocenters. The molecule has 7 heteroatoms. The minimum Gasteiger partial charge on any atom is -0.494 e. The highest BCUT2D eigenvalue weighted by Gasteiger charge is 2.39. The average Bonchev–Trinajstić information content (AvgIpc) is 2.86. The fourth-order valence-electron chi connectivity index (χ4n) is 5.66. The molecule has 0 spiro atoms. The molecule has 0 bridgehead atoms. The minimum atomic E-state index is -3.35. The Morgan fingerprint density at radius 1 is 0.800 bits per heavy atom. The van der Waals surface area contributed by atoms with Crippen LogP contribution in [-0.2, 0) is 10.8 Å². The van der Waals surface area contributed by atoms with E-state index in [-0.39, 0.29) is 11.5 Å². The normalized spacial score (nSPS) is 25.4. The van der Waals surface area contributed by atoms with Crippen LogP contribution in [-0.4, -0.2) is 12.7 Å². The third kappa shape index (κ3) is 6.35. The standard InChI is InChI=1S/C28H33F5O2/c1-2-15-34-23-13-9-22(10-14-23)28(32,33)35-24-11-7-19(8-12-24)18-3-5-20(6-4-18)21-16-25(29)27(31)26(30)17-21/h9-10,13-14,16-20,24H,2-8,11-12,15H2,1H3. The van der Waals surface area contributed by atoms with Crippen molar-refractivity contribution in [2.45, 2.75) is 82.8 Å². The van der Waals surface area contributed by atoms with Crippen LogP contribution in [0.2, 0.25) is 0 Å². The predicted molar refractivity (Wildman–Crippen MR) is 124 cm³/mol. The molecule has 2 aromatic carbocycles. The second-order valence-electron chi connectivity index (χ2n) is 9.95. The lowest BCUT2D eigenvalue weighted by Gasteiger charge is -2.38. The molecule has 0 heterocycles. The number of rotatable bonds is 8. The Morgan fingerprint density at radius 2 is 1.34 bits per heavy atom. The quantitative estimate of drug-likeness (QED) is 0.269. The van der Waals surface area contributed by atoms with Gasteiger partial charge in [0.15, 0.2) is 17.5 Å². The SMILES string of the molecule is CCCOc1ccc(C(F)(F)OC2CCC(C3CCC(c4cc(F)c(F)c(F)c4)CC3)CC2)cc1. The number of benzene rings is 2. The van der Waals surface area contributed by atoms with Crippen molar-refractivity contribution in [2.24, 2.45) is 11.8 Å². The molecule has 0 aliphatic heterocycles. The Hall–Kier alpha value is -2.15. The van der Waals surface area contributed by atoms with Crippen molar-refractivity contribution in [3.8, 4) is 5.75 Å². The van der Waals surface area contributed by atoms with Gasteiger partial charge in [-0.05, 0) is 118 Å². The van der Waals surface area contributed by atoms with Crippen LogP contribution in [0.25, 0.3) is 0 Å². The van der Waals surface area contributed by atoms with Crippen molar-refractivity contribution < 1.29 is 31.4 Å². The van der Waals surface area contributed by atoms with Crippen LogP contribution in [0.3, 0.4) is 0 Å². The van der Waals surface area contributed by atoms with Crippen LogP contribution in [0, 0.1) is 29.3 Å². The molecule has 0 aromatic heterocycles. The van der Waals surface area contributed by atoms with Crippen molar-refractivity contribution in [3.63, 3.8) is 0 Å². The van der Waals surface area contributed by atoms with Gasteiger partial charge in [-0.3, -0.25) is 0 Å². The lowest BCUT2D eigenvalue weighted by atomic mass is 9.69. The number of alkyl halides is 2. The van der Waals surface area contributed by atoms with Gasteiger partial charge in [-0.25, -0.2) is 13.2 Å². The summed E-state index contributed by atoms with van der Waals surface area (Å²) in [6.07, 6.45) is 3.28. The van der Waals surface area contributed by atoms with Crippen molar-refractivity contribution in [1.82, 2.24) is 0 Å². The highest BCUT2D eigenvalue weighted by atomic mass is 19.3. The highest BCUT2D eigenvalue weighted by molar-refractivity contribution is 5.29. The van der Waals surface area contributed by atoms with Gasteiger partial charge in [-0.2, -0.15) is 8.78 Å². The number of ether oxygens (including phenoxy) is 2. The van der Waals surface area contributed by atoms with E-state index in [9.17, 15) is 22.0 Å². The molecule has 0 unspecified atom stereocenters. The van der Waals surface area contributed by atoms with E-state index in [1.807, 2.05) is 6.92 Å². The van der Waals surface area contributed by atoms with Crippen molar-refractivity contribution in [1.29, 1.82) is 0 Å². The fourth-order valence-corrected chi connectivity index (χ4v) is 5.66. The number of halogens is 5. The zero-order valence-corrected chi connectivity index (χ0v) is 20.1. The summed E-state index contributed by atoms with van der Waals surface area (Å²) in [7, 11) is 0. The van der Waals surface area contributed by atoms with Gasteiger partial charge in [-0.1, -0.05) is 6.92 Å². The third-order valence-electron chi connectivity index (χ3n) is 7.61. The first-order chi connectivity index (χ1) is 16.8. The predicted octanol–water partition coefficient (Wildman–Crippen LogP) is 8.49. The molecule has 0 saturated heterocycles. The summed E-state index contributed by atoms with van der Waals surface area (Å²) in [5.74, 6) is -2.20. The first kappa shape index (κ1) is 25.9. The van der Waals surface area contributed by atoms with E-state index in [2.05, 4.69) is 0 Å². The summed E-state index contributed by atoms with van der Waals surface area (Å²) in [4.78, 5) is 0. The van der Waals surface area contributed by atoms with E-state index in [1.54, 1.807) is 12.1 Å². The van der Waals surface area contributed by atoms with E-state index in [1.165, 1.54) is 12.1 Å². The van der Waals surface area contributed by atoms with E-state index in [4.69, 9.17) is 9.47 Å². The molecule has 192 valence electrons. The van der Waals surface area contributed by atoms with Crippen molar-refractivity contribution in [2.75, 3.05) is 6.61 Å². The van der Waals surface area contributed by atoms with E-state index < -0.39 is 29.7 Å². The largest absolute Gasteiger partial charge is 0.494 e. The summed E-state index contributed by atoms with van der Waals surface area (Å²) in [5, 5.41) is 0. The minimum absolute atomic E-state index is 0.0213. The maximum absolute atomic E-state index is 14.7. The van der Waals surface area contributed by atoms with E-state index in [0.29, 0.717) is 42.6 Å². The zero-order valence-electron chi connectivity index (χ0n) is 20.1. The van der Waals surface area contributed by atoms with Crippen LogP contribution in [0.4, 0.5) is 22.0 Å². The molecule has 2 fully saturated rings. The second kappa shape index (κ2) is 11.3. The molecule has 2 nitrogen and oxygen atoms in total. The van der Waals surface area contributed by atoms with E-state index in [0.717, 1.165) is 57.1 Å². The van der Waals surface area contributed by atoms with Crippen LogP contribution in [0.1, 0.15) is 81.8 Å². The number of hydrogen-bond donors (Lipinski definition) is 0. The van der Waals surface area contributed by atoms with E-state index >= 15 is 0 Å². The fraction of sp³-hybridized carbons (Fsp3) is 0.571. The highest BCUT2D eigenvalue weighted by Crippen LogP contribution is 2.44. The van der Waals surface area contributed by atoms with Gasteiger partial charge in [0.25, 0.3) is 0 Å². The molecule has 2 aliphatic rings. The van der Waals surface area contributed by atoms with Gasteiger partial charge in [0.05, 0.1) is 18.3 Å². The zero-order chi connectivity index (χ0) is 25.0. The molecule has 2 aliphatic carbocycles. The van der Waals surface area contributed by atoms with Crippen LogP contribution < -0.4 is 4.74 Å². The summed E-state index contributed by atoms with van der Waals surface area (Å²) < 4.78 is 80.6. The summed E-state index contributed by atoms with van der Waals surface area (Å²) in [6.45, 7) is 2.52. The monoisotopic (exact) mass is 496 g/mol. The summed E-state index contributed by atoms with van der Waals surface area (Å²) in [6, 6.07) is 8.02. The van der Waals surface area contributed by atoms with Crippen LogP contribution in [0.15, 0.2) is 36.4 Å². The molecule has 0 radical (unpaired) electrons. The Kier molecular flexibility index (Phi) is 8.35. The summed E-state index contributed by atoms with van der Waals surface area (Å²) in [5.41, 5.74) is 0.347. The molecular weight excluding hydrogens is 463 g/mol. The van der Waals surface area contributed by atoms with Gasteiger partial charge < -0.3 is 9.47 Å². The molecular formula is C28H33F5O2. The van der Waals surface area contributed by atoms with Crippen LogP contribution >= 0.6 is 0 Å². The van der Waals surface area contributed by atoms with Gasteiger partial charge >= 0.3 is 6.11 Å². The van der Waals surface area contributed by atoms with Gasteiger partial charge in [0, 0.05) is 0 Å². The lowest BCUT2D eigenvalue weighted by Crippen LogP contribution is -2.32. The molecule has 2 aromatic rings. The molecule has 0 amide bonds. The number of hydrogen-bond acceptors (Lipinski definition) is 2. The lowest BCUT2D eigenvalue weighted by molar-refractivity contribution is -0.278. The molecule has 35 heavy (non-hydrogen) atoms. The van der Waals surface area contributed by atoms with Gasteiger partial charge in [0.2, 0.25) is 0 Å². The Balaban J connectivity index is 1.25. The maximum atomic E-state index is 14.7. The maximum Gasteiger partial charge on any atom is 0.383 e.